The Morgan fingerprint density at radius 2 is 1.68 bits per heavy atom. The number of phenolic OH excluding ortho intramolecular Hbond substituents is 2. The summed E-state index contributed by atoms with van der Waals surface area (Å²) >= 11 is 0. The smallest absolute Gasteiger partial charge is 0.348 e. The Morgan fingerprint density at radius 3 is 2.23 bits per heavy atom. The van der Waals surface area contributed by atoms with Gasteiger partial charge in [0.1, 0.15) is 0 Å². The largest absolute Gasteiger partial charge is 0.504 e. The van der Waals surface area contributed by atoms with Gasteiger partial charge in [0.15, 0.2) is 11.5 Å². The van der Waals surface area contributed by atoms with Crippen LogP contribution in [0, 0.1) is 13.8 Å². The number of phenols is 2. The molecule has 0 saturated heterocycles. The minimum absolute atomic E-state index is 0.00632. The number of hydrogen-bond donors (Lipinski definition) is 5. The van der Waals surface area contributed by atoms with Crippen LogP contribution in [0.25, 0.3) is 6.08 Å². The molecule has 0 unspecified atom stereocenters. The number of aryl methyl sites for hydroxylation is 2. The maximum absolute atomic E-state index is 12.2. The highest BCUT2D eigenvalue weighted by Gasteiger charge is 2.51. The summed E-state index contributed by atoms with van der Waals surface area (Å²) in [6, 6.07) is 8.54. The first-order valence-electron chi connectivity index (χ1n) is 9.09. The second-order valence-corrected chi connectivity index (χ2v) is 7.06. The van der Waals surface area contributed by atoms with Crippen molar-refractivity contribution in [3.63, 3.8) is 0 Å². The van der Waals surface area contributed by atoms with Crippen molar-refractivity contribution in [2.75, 3.05) is 0 Å². The van der Waals surface area contributed by atoms with Crippen LogP contribution in [0.1, 0.15) is 22.3 Å². The normalized spacial score (nSPS) is 14.0. The molecule has 0 heterocycles. The first kappa shape index (κ1) is 23.4. The molecule has 0 aromatic heterocycles. The molecule has 0 aliphatic heterocycles. The lowest BCUT2D eigenvalue weighted by Crippen LogP contribution is -2.56. The lowest BCUT2D eigenvalue weighted by molar-refractivity contribution is -0.192. The molecule has 2 atom stereocenters. The molecule has 9 nitrogen and oxygen atoms in total. The SMILES string of the molecule is Cc1ccc(/C=C\C(=O)O[C@H](C(=O)O)[C@](O)(Cc2ccc(O)c(O)c2)C(=O)O)cc1C. The van der Waals surface area contributed by atoms with Gasteiger partial charge in [-0.05, 0) is 54.3 Å². The van der Waals surface area contributed by atoms with E-state index >= 15 is 0 Å². The number of carbonyl (C=O) groups excluding carboxylic acids is 1. The Labute approximate surface area is 177 Å². The van der Waals surface area contributed by atoms with Gasteiger partial charge in [-0.2, -0.15) is 0 Å². The molecule has 5 N–H and O–H groups in total. The van der Waals surface area contributed by atoms with Gasteiger partial charge in [-0.15, -0.1) is 0 Å². The molecule has 0 bridgehead atoms. The van der Waals surface area contributed by atoms with Crippen LogP contribution in [0.5, 0.6) is 11.5 Å². The molecule has 0 aliphatic rings. The lowest BCUT2D eigenvalue weighted by atomic mass is 9.88. The van der Waals surface area contributed by atoms with Crippen molar-refractivity contribution in [2.45, 2.75) is 32.0 Å². The average molecular weight is 430 g/mol. The van der Waals surface area contributed by atoms with Gasteiger partial charge < -0.3 is 30.3 Å². The maximum Gasteiger partial charge on any atom is 0.348 e. The van der Waals surface area contributed by atoms with E-state index in [9.17, 15) is 39.9 Å². The van der Waals surface area contributed by atoms with Crippen molar-refractivity contribution in [1.29, 1.82) is 0 Å². The molecule has 31 heavy (non-hydrogen) atoms. The van der Waals surface area contributed by atoms with E-state index in [4.69, 9.17) is 4.74 Å². The van der Waals surface area contributed by atoms with E-state index in [0.717, 1.165) is 29.3 Å². The number of aromatic hydroxyl groups is 2. The molecule has 2 rings (SSSR count). The van der Waals surface area contributed by atoms with E-state index in [1.807, 2.05) is 19.9 Å². The van der Waals surface area contributed by atoms with Crippen LogP contribution in [0.15, 0.2) is 42.5 Å². The van der Waals surface area contributed by atoms with E-state index in [-0.39, 0.29) is 5.56 Å². The van der Waals surface area contributed by atoms with Gasteiger partial charge >= 0.3 is 17.9 Å². The third-order valence-electron chi connectivity index (χ3n) is 4.72. The summed E-state index contributed by atoms with van der Waals surface area (Å²) in [5, 5.41) is 48.4. The van der Waals surface area contributed by atoms with Gasteiger partial charge in [-0.3, -0.25) is 0 Å². The number of rotatable bonds is 8. The van der Waals surface area contributed by atoms with Crippen LogP contribution in [0.4, 0.5) is 0 Å². The number of esters is 1. The van der Waals surface area contributed by atoms with Gasteiger partial charge in [0, 0.05) is 12.5 Å². The number of carboxylic acid groups (broad SMARTS) is 2. The highest BCUT2D eigenvalue weighted by Crippen LogP contribution is 2.29. The number of hydrogen-bond acceptors (Lipinski definition) is 7. The first-order valence-corrected chi connectivity index (χ1v) is 9.09. The predicted molar refractivity (Wildman–Crippen MR) is 109 cm³/mol. The second kappa shape index (κ2) is 9.31. The highest BCUT2D eigenvalue weighted by atomic mass is 16.6. The summed E-state index contributed by atoms with van der Waals surface area (Å²) in [6.45, 7) is 3.79. The number of carbonyl (C=O) groups is 3. The van der Waals surface area contributed by atoms with E-state index in [2.05, 4.69) is 0 Å². The zero-order valence-corrected chi connectivity index (χ0v) is 16.8. The molecular formula is C22H22O9. The Bertz CT molecular complexity index is 1040. The molecule has 0 saturated carbocycles. The fraction of sp³-hybridized carbons (Fsp3) is 0.227. The van der Waals surface area contributed by atoms with Crippen molar-refractivity contribution >= 4 is 24.0 Å². The molecular weight excluding hydrogens is 408 g/mol. The van der Waals surface area contributed by atoms with Crippen molar-refractivity contribution in [3.05, 3.63) is 64.7 Å². The molecule has 0 amide bonds. The molecule has 9 heteroatoms. The van der Waals surface area contributed by atoms with Gasteiger partial charge in [-0.1, -0.05) is 24.3 Å². The van der Waals surface area contributed by atoms with Gasteiger partial charge in [0.05, 0.1) is 0 Å². The van der Waals surface area contributed by atoms with E-state index in [1.165, 1.54) is 12.1 Å². The van der Waals surface area contributed by atoms with Crippen molar-refractivity contribution < 1.29 is 44.7 Å². The quantitative estimate of drug-likeness (QED) is 0.239. The van der Waals surface area contributed by atoms with Crippen LogP contribution in [0.3, 0.4) is 0 Å². The van der Waals surface area contributed by atoms with E-state index < -0.39 is 47.5 Å². The minimum atomic E-state index is -3.04. The zero-order valence-electron chi connectivity index (χ0n) is 16.8. The highest BCUT2D eigenvalue weighted by molar-refractivity contribution is 5.93. The monoisotopic (exact) mass is 430 g/mol. The predicted octanol–water partition coefficient (Wildman–Crippen LogP) is 1.78. The van der Waals surface area contributed by atoms with Crippen LogP contribution < -0.4 is 0 Å². The molecule has 2 aromatic carbocycles. The zero-order chi connectivity index (χ0) is 23.3. The van der Waals surface area contributed by atoms with Crippen molar-refractivity contribution in [3.8, 4) is 11.5 Å². The Hall–Kier alpha value is -3.85. The molecule has 164 valence electrons. The number of carboxylic acids is 2. The standard InChI is InChI=1S/C22H22O9/c1-12-3-4-14(9-13(12)2)6-8-18(25)31-19(20(26)27)22(30,21(28)29)11-15-5-7-16(23)17(24)10-15/h3-10,19,23-24,30H,11H2,1-2H3,(H,26,27)(H,28,29)/b8-6-/t19-,22-/m1/s1. The fourth-order valence-electron chi connectivity index (χ4n) is 2.81. The topological polar surface area (TPSA) is 162 Å². The third kappa shape index (κ3) is 5.61. The summed E-state index contributed by atoms with van der Waals surface area (Å²) in [7, 11) is 0. The van der Waals surface area contributed by atoms with Gasteiger partial charge in [-0.25, -0.2) is 14.4 Å². The van der Waals surface area contributed by atoms with Crippen LogP contribution >= 0.6 is 0 Å². The number of aliphatic carboxylic acids is 2. The van der Waals surface area contributed by atoms with E-state index in [0.29, 0.717) is 5.56 Å². The summed E-state index contributed by atoms with van der Waals surface area (Å²) in [6.07, 6.45) is -0.973. The number of benzene rings is 2. The number of ether oxygens (including phenoxy) is 1. The van der Waals surface area contributed by atoms with Gasteiger partial charge in [0.25, 0.3) is 0 Å². The van der Waals surface area contributed by atoms with E-state index in [1.54, 1.807) is 12.1 Å². The van der Waals surface area contributed by atoms with Gasteiger partial charge in [0.2, 0.25) is 11.7 Å². The Morgan fingerprint density at radius 1 is 1.00 bits per heavy atom. The van der Waals surface area contributed by atoms with Crippen LogP contribution in [-0.2, 0) is 25.5 Å². The summed E-state index contributed by atoms with van der Waals surface area (Å²) in [5.41, 5.74) is -0.402. The summed E-state index contributed by atoms with van der Waals surface area (Å²) in [4.78, 5) is 35.5. The molecule has 2 aromatic rings. The van der Waals surface area contributed by atoms with Crippen LogP contribution in [0.2, 0.25) is 0 Å². The molecule has 0 spiro atoms. The fourth-order valence-corrected chi connectivity index (χ4v) is 2.81. The maximum atomic E-state index is 12.2. The second-order valence-electron chi connectivity index (χ2n) is 7.06. The minimum Gasteiger partial charge on any atom is -0.504 e. The Kier molecular flexibility index (Phi) is 7.04. The lowest BCUT2D eigenvalue weighted by Gasteiger charge is -2.29. The van der Waals surface area contributed by atoms with Crippen molar-refractivity contribution in [2.24, 2.45) is 0 Å². The number of aliphatic hydroxyl groups is 1. The third-order valence-corrected chi connectivity index (χ3v) is 4.72. The molecule has 0 fully saturated rings. The average Bonchev–Trinajstić information content (AvgIpc) is 2.69. The summed E-state index contributed by atoms with van der Waals surface area (Å²) in [5.74, 6) is -6.07. The Balaban J connectivity index is 2.27. The summed E-state index contributed by atoms with van der Waals surface area (Å²) < 4.78 is 4.77. The van der Waals surface area contributed by atoms with Crippen molar-refractivity contribution in [1.82, 2.24) is 0 Å². The molecule has 0 radical (unpaired) electrons. The molecule has 0 aliphatic carbocycles. The first-order chi connectivity index (χ1) is 14.4. The van der Waals surface area contributed by atoms with Crippen LogP contribution in [-0.4, -0.2) is 55.1 Å².